The van der Waals surface area contributed by atoms with Crippen molar-refractivity contribution < 1.29 is 14.5 Å². The molecule has 0 bridgehead atoms. The fourth-order valence-corrected chi connectivity index (χ4v) is 3.81. The number of hydrogen-bond acceptors (Lipinski definition) is 7. The molecule has 1 saturated heterocycles. The number of para-hydroxylation sites is 1. The number of nitro groups is 1. The van der Waals surface area contributed by atoms with Crippen molar-refractivity contribution in [3.05, 3.63) is 75.8 Å². The number of nitro benzene ring substituents is 1. The SMILES string of the molecule is COc1ccccc1-c1ccc(N2CCN(C(=O)c3ccc([N+](=O)[O-])c(C)c3)CC2)nn1. The van der Waals surface area contributed by atoms with Crippen LogP contribution in [0.4, 0.5) is 11.5 Å². The number of anilines is 1. The number of aryl methyl sites for hydroxylation is 1. The maximum absolute atomic E-state index is 12.8. The smallest absolute Gasteiger partial charge is 0.272 e. The van der Waals surface area contributed by atoms with E-state index in [1.54, 1.807) is 25.0 Å². The second-order valence-electron chi connectivity index (χ2n) is 7.51. The van der Waals surface area contributed by atoms with Gasteiger partial charge in [0.2, 0.25) is 0 Å². The summed E-state index contributed by atoms with van der Waals surface area (Å²) >= 11 is 0. The predicted octanol–water partition coefficient (Wildman–Crippen LogP) is 3.33. The molecule has 2 heterocycles. The Morgan fingerprint density at radius 1 is 1.03 bits per heavy atom. The minimum absolute atomic E-state index is 0.0153. The molecule has 0 spiro atoms. The monoisotopic (exact) mass is 433 g/mol. The zero-order valence-corrected chi connectivity index (χ0v) is 17.9. The molecule has 1 aliphatic rings. The highest BCUT2D eigenvalue weighted by molar-refractivity contribution is 5.95. The van der Waals surface area contributed by atoms with E-state index >= 15 is 0 Å². The van der Waals surface area contributed by atoms with E-state index in [9.17, 15) is 14.9 Å². The third kappa shape index (κ3) is 4.22. The van der Waals surface area contributed by atoms with E-state index in [4.69, 9.17) is 4.74 Å². The summed E-state index contributed by atoms with van der Waals surface area (Å²) in [6.07, 6.45) is 0. The van der Waals surface area contributed by atoms with Crippen molar-refractivity contribution in [2.45, 2.75) is 6.92 Å². The molecule has 164 valence electrons. The molecule has 9 nitrogen and oxygen atoms in total. The molecule has 1 fully saturated rings. The first-order valence-electron chi connectivity index (χ1n) is 10.2. The highest BCUT2D eigenvalue weighted by atomic mass is 16.6. The number of nitrogens with zero attached hydrogens (tertiary/aromatic N) is 5. The lowest BCUT2D eigenvalue weighted by atomic mass is 10.1. The summed E-state index contributed by atoms with van der Waals surface area (Å²) in [6.45, 7) is 3.95. The van der Waals surface area contributed by atoms with Gasteiger partial charge in [0, 0.05) is 48.9 Å². The maximum atomic E-state index is 12.8. The Morgan fingerprint density at radius 2 is 1.78 bits per heavy atom. The Balaban J connectivity index is 1.41. The van der Waals surface area contributed by atoms with Gasteiger partial charge in [-0.25, -0.2) is 0 Å². The van der Waals surface area contributed by atoms with Crippen molar-refractivity contribution in [3.63, 3.8) is 0 Å². The van der Waals surface area contributed by atoms with Crippen molar-refractivity contribution in [2.75, 3.05) is 38.2 Å². The van der Waals surface area contributed by atoms with Crippen LogP contribution in [0.5, 0.6) is 5.75 Å². The molecule has 0 radical (unpaired) electrons. The number of piperazine rings is 1. The number of methoxy groups -OCH3 is 1. The molecule has 32 heavy (non-hydrogen) atoms. The van der Waals surface area contributed by atoms with Gasteiger partial charge < -0.3 is 14.5 Å². The minimum Gasteiger partial charge on any atom is -0.496 e. The third-order valence-corrected chi connectivity index (χ3v) is 5.56. The predicted molar refractivity (Wildman–Crippen MR) is 120 cm³/mol. The fourth-order valence-electron chi connectivity index (χ4n) is 3.81. The van der Waals surface area contributed by atoms with E-state index in [2.05, 4.69) is 15.1 Å². The van der Waals surface area contributed by atoms with Crippen LogP contribution in [-0.2, 0) is 0 Å². The molecule has 2 aromatic carbocycles. The second-order valence-corrected chi connectivity index (χ2v) is 7.51. The number of hydrogen-bond donors (Lipinski definition) is 0. The van der Waals surface area contributed by atoms with Crippen LogP contribution >= 0.6 is 0 Å². The summed E-state index contributed by atoms with van der Waals surface area (Å²) < 4.78 is 5.39. The van der Waals surface area contributed by atoms with E-state index < -0.39 is 4.92 Å². The summed E-state index contributed by atoms with van der Waals surface area (Å²) in [5.74, 6) is 1.37. The third-order valence-electron chi connectivity index (χ3n) is 5.56. The van der Waals surface area contributed by atoms with E-state index in [1.807, 2.05) is 36.4 Å². The molecule has 1 amide bonds. The molecule has 1 aliphatic heterocycles. The molecule has 0 N–H and O–H groups in total. The molecule has 0 saturated carbocycles. The molecule has 1 aromatic heterocycles. The second kappa shape index (κ2) is 9.01. The van der Waals surface area contributed by atoms with Crippen LogP contribution in [0.1, 0.15) is 15.9 Å². The van der Waals surface area contributed by atoms with E-state index in [0.29, 0.717) is 37.3 Å². The zero-order chi connectivity index (χ0) is 22.7. The van der Waals surface area contributed by atoms with E-state index in [0.717, 1.165) is 22.8 Å². The van der Waals surface area contributed by atoms with Gasteiger partial charge in [-0.15, -0.1) is 10.2 Å². The Hall–Kier alpha value is -4.01. The highest BCUT2D eigenvalue weighted by Gasteiger charge is 2.24. The lowest BCUT2D eigenvalue weighted by Crippen LogP contribution is -2.49. The van der Waals surface area contributed by atoms with Gasteiger partial charge in [-0.05, 0) is 43.3 Å². The van der Waals surface area contributed by atoms with Gasteiger partial charge in [-0.2, -0.15) is 0 Å². The van der Waals surface area contributed by atoms with Crippen molar-refractivity contribution in [2.24, 2.45) is 0 Å². The Morgan fingerprint density at radius 3 is 2.41 bits per heavy atom. The number of carbonyl (C=O) groups is 1. The lowest BCUT2D eigenvalue weighted by molar-refractivity contribution is -0.385. The Kier molecular flexibility index (Phi) is 5.98. The number of amides is 1. The fraction of sp³-hybridized carbons (Fsp3) is 0.261. The van der Waals surface area contributed by atoms with Crippen LogP contribution in [0.2, 0.25) is 0 Å². The first-order valence-corrected chi connectivity index (χ1v) is 10.2. The molecule has 0 unspecified atom stereocenters. The average molecular weight is 433 g/mol. The number of benzene rings is 2. The minimum atomic E-state index is -0.442. The van der Waals surface area contributed by atoms with Gasteiger partial charge in [-0.1, -0.05) is 12.1 Å². The normalized spacial score (nSPS) is 13.7. The molecule has 4 rings (SSSR count). The van der Waals surface area contributed by atoms with Gasteiger partial charge in [0.05, 0.1) is 17.7 Å². The Bertz CT molecular complexity index is 1140. The summed E-state index contributed by atoms with van der Waals surface area (Å²) in [4.78, 5) is 27.2. The van der Waals surface area contributed by atoms with E-state index in [1.165, 1.54) is 12.1 Å². The van der Waals surface area contributed by atoms with Crippen LogP contribution in [0.15, 0.2) is 54.6 Å². The van der Waals surface area contributed by atoms with Crippen LogP contribution in [0.25, 0.3) is 11.3 Å². The van der Waals surface area contributed by atoms with Crippen molar-refractivity contribution in [3.8, 4) is 17.0 Å². The summed E-state index contributed by atoms with van der Waals surface area (Å²) in [5, 5.41) is 19.7. The first-order chi connectivity index (χ1) is 15.5. The summed E-state index contributed by atoms with van der Waals surface area (Å²) in [7, 11) is 1.62. The van der Waals surface area contributed by atoms with Crippen molar-refractivity contribution in [1.29, 1.82) is 0 Å². The molecule has 3 aromatic rings. The molecule has 0 aliphatic carbocycles. The summed E-state index contributed by atoms with van der Waals surface area (Å²) in [5.41, 5.74) is 2.56. The number of carbonyl (C=O) groups excluding carboxylic acids is 1. The topological polar surface area (TPSA) is 102 Å². The zero-order valence-electron chi connectivity index (χ0n) is 17.9. The van der Waals surface area contributed by atoms with Crippen LogP contribution in [0.3, 0.4) is 0 Å². The molecular formula is C23H23N5O4. The maximum Gasteiger partial charge on any atom is 0.272 e. The number of aromatic nitrogens is 2. The largest absolute Gasteiger partial charge is 0.496 e. The van der Waals surface area contributed by atoms with Gasteiger partial charge in [0.1, 0.15) is 5.75 Å². The molecule has 0 atom stereocenters. The van der Waals surface area contributed by atoms with Gasteiger partial charge >= 0.3 is 0 Å². The first kappa shape index (κ1) is 21.2. The van der Waals surface area contributed by atoms with Gasteiger partial charge in [0.15, 0.2) is 5.82 Å². The quantitative estimate of drug-likeness (QED) is 0.449. The summed E-state index contributed by atoms with van der Waals surface area (Å²) in [6, 6.07) is 16.0. The lowest BCUT2D eigenvalue weighted by Gasteiger charge is -2.35. The number of ether oxygens (including phenoxy) is 1. The Labute approximate surface area is 185 Å². The van der Waals surface area contributed by atoms with Crippen LogP contribution in [-0.4, -0.2) is 59.2 Å². The van der Waals surface area contributed by atoms with Gasteiger partial charge in [-0.3, -0.25) is 14.9 Å². The van der Waals surface area contributed by atoms with Crippen molar-refractivity contribution >= 4 is 17.4 Å². The number of rotatable bonds is 5. The van der Waals surface area contributed by atoms with Gasteiger partial charge in [0.25, 0.3) is 11.6 Å². The van der Waals surface area contributed by atoms with Crippen LogP contribution < -0.4 is 9.64 Å². The van der Waals surface area contributed by atoms with Crippen molar-refractivity contribution in [1.82, 2.24) is 15.1 Å². The van der Waals surface area contributed by atoms with E-state index in [-0.39, 0.29) is 11.6 Å². The average Bonchev–Trinajstić information content (AvgIpc) is 2.83. The molecule has 9 heteroatoms. The molecular weight excluding hydrogens is 410 g/mol. The van der Waals surface area contributed by atoms with Crippen LogP contribution in [0, 0.1) is 17.0 Å². The standard InChI is InChI=1S/C23H23N5O4/c1-16-15-17(7-9-20(16)28(30)31)23(29)27-13-11-26(12-14-27)22-10-8-19(24-25-22)18-5-3-4-6-21(18)32-2/h3-10,15H,11-14H2,1-2H3. The highest BCUT2D eigenvalue weighted by Crippen LogP contribution is 2.28.